The van der Waals surface area contributed by atoms with Crippen LogP contribution in [0.3, 0.4) is 0 Å². The summed E-state index contributed by atoms with van der Waals surface area (Å²) in [5.41, 5.74) is -1.46. The standard InChI is InChI=1S/C39H50Cl2N8O9/c1-10-47-15-13-39(19-47)14-16-48(20-39)24-12-11-22(45-36(52)58-38(5,6)7)32(49(53)54)27(24)23-17-25(44-21-43-23)42-18-26(50)46-31-29(40)33(55-8)28(34(56-9)30(31)41)35(51)57-37(2,3)4/h11-12,17,21H,10,13-16,18-20H2,1-9H3,(H,45,52)(H,46,50)(H,42,43,44). The van der Waals surface area contributed by atoms with E-state index in [-0.39, 0.29) is 73.2 Å². The number of anilines is 4. The highest BCUT2D eigenvalue weighted by Crippen LogP contribution is 2.50. The molecular formula is C39H50Cl2N8O9. The molecule has 2 amide bonds. The maximum atomic E-state index is 13.4. The molecule has 2 fully saturated rings. The van der Waals surface area contributed by atoms with E-state index in [1.54, 1.807) is 47.6 Å². The van der Waals surface area contributed by atoms with Gasteiger partial charge in [-0.3, -0.25) is 20.2 Å². The van der Waals surface area contributed by atoms with Crippen LogP contribution in [0.25, 0.3) is 11.3 Å². The number of nitro benzene ring substituents is 1. The molecule has 314 valence electrons. The fraction of sp³-hybridized carbons (Fsp3) is 0.513. The number of hydrogen-bond acceptors (Lipinski definition) is 14. The second kappa shape index (κ2) is 17.4. The van der Waals surface area contributed by atoms with Crippen molar-refractivity contribution < 1.29 is 38.3 Å². The van der Waals surface area contributed by atoms with Crippen LogP contribution >= 0.6 is 23.2 Å². The number of ether oxygens (including phenoxy) is 4. The van der Waals surface area contributed by atoms with E-state index in [9.17, 15) is 24.5 Å². The molecule has 0 aliphatic carbocycles. The van der Waals surface area contributed by atoms with Crippen LogP contribution in [0.4, 0.5) is 33.4 Å². The van der Waals surface area contributed by atoms with Crippen LogP contribution in [0.5, 0.6) is 11.5 Å². The number of aromatic nitrogens is 2. The molecule has 2 aliphatic rings. The molecule has 3 heterocycles. The number of benzene rings is 2. The molecule has 2 saturated heterocycles. The summed E-state index contributed by atoms with van der Waals surface area (Å²) < 4.78 is 21.8. The number of amides is 2. The minimum absolute atomic E-state index is 0.0388. The van der Waals surface area contributed by atoms with E-state index in [4.69, 9.17) is 42.1 Å². The number of rotatable bonds is 12. The van der Waals surface area contributed by atoms with Gasteiger partial charge in [-0.1, -0.05) is 30.1 Å². The SMILES string of the molecule is CCN1CCC2(CCN(c3ccc(NC(=O)OC(C)(C)C)c([N+](=O)[O-])c3-c3cc(NCC(=O)Nc4c(Cl)c(OC)c(C(=O)OC(C)(C)C)c(OC)c4Cl)ncn3)C2)C1. The van der Waals surface area contributed by atoms with E-state index in [0.717, 1.165) is 32.5 Å². The highest BCUT2D eigenvalue weighted by Gasteiger charge is 2.44. The quantitative estimate of drug-likeness (QED) is 0.0912. The molecule has 1 spiro atoms. The highest BCUT2D eigenvalue weighted by atomic mass is 35.5. The summed E-state index contributed by atoms with van der Waals surface area (Å²) in [6, 6.07) is 4.73. The van der Waals surface area contributed by atoms with Crippen molar-refractivity contribution in [1.82, 2.24) is 14.9 Å². The van der Waals surface area contributed by atoms with E-state index in [0.29, 0.717) is 18.8 Å². The minimum atomic E-state index is -0.860. The Morgan fingerprint density at radius 1 is 0.931 bits per heavy atom. The van der Waals surface area contributed by atoms with Gasteiger partial charge in [-0.15, -0.1) is 0 Å². The van der Waals surface area contributed by atoms with Gasteiger partial charge in [0.05, 0.1) is 42.8 Å². The molecule has 19 heteroatoms. The van der Waals surface area contributed by atoms with Crippen LogP contribution in [0.2, 0.25) is 10.0 Å². The van der Waals surface area contributed by atoms with Crippen LogP contribution in [-0.2, 0) is 14.3 Å². The second-order valence-electron chi connectivity index (χ2n) is 16.2. The Morgan fingerprint density at radius 2 is 1.57 bits per heavy atom. The lowest BCUT2D eigenvalue weighted by Gasteiger charge is -2.27. The van der Waals surface area contributed by atoms with Gasteiger partial charge in [0.15, 0.2) is 11.5 Å². The van der Waals surface area contributed by atoms with Crippen molar-refractivity contribution in [1.29, 1.82) is 0 Å². The maximum absolute atomic E-state index is 13.4. The molecule has 0 bridgehead atoms. The summed E-state index contributed by atoms with van der Waals surface area (Å²) in [5.74, 6) is -1.52. The molecule has 2 aromatic carbocycles. The van der Waals surface area contributed by atoms with E-state index in [1.165, 1.54) is 32.7 Å². The normalized spacial score (nSPS) is 16.9. The van der Waals surface area contributed by atoms with E-state index >= 15 is 0 Å². The third kappa shape index (κ3) is 9.93. The number of halogens is 2. The van der Waals surface area contributed by atoms with Gasteiger partial charge in [0.1, 0.15) is 50.2 Å². The van der Waals surface area contributed by atoms with Crippen LogP contribution in [-0.4, -0.2) is 102 Å². The fourth-order valence-electron chi connectivity index (χ4n) is 7.17. The van der Waals surface area contributed by atoms with E-state index in [1.807, 2.05) is 0 Å². The Balaban J connectivity index is 1.46. The van der Waals surface area contributed by atoms with Crippen molar-refractivity contribution in [3.63, 3.8) is 0 Å². The summed E-state index contributed by atoms with van der Waals surface area (Å²) in [7, 11) is 2.58. The lowest BCUT2D eigenvalue weighted by atomic mass is 9.86. The molecule has 58 heavy (non-hydrogen) atoms. The molecule has 17 nitrogen and oxygen atoms in total. The van der Waals surface area contributed by atoms with Gasteiger partial charge < -0.3 is 39.4 Å². The average Bonchev–Trinajstić information content (AvgIpc) is 3.75. The van der Waals surface area contributed by atoms with Gasteiger partial charge in [0.2, 0.25) is 5.91 Å². The molecule has 0 saturated carbocycles. The van der Waals surface area contributed by atoms with Crippen LogP contribution in [0.15, 0.2) is 24.5 Å². The first kappa shape index (κ1) is 44.0. The van der Waals surface area contributed by atoms with Gasteiger partial charge in [0, 0.05) is 31.1 Å². The Labute approximate surface area is 347 Å². The zero-order chi connectivity index (χ0) is 42.7. The molecule has 5 rings (SSSR count). The average molecular weight is 846 g/mol. The Morgan fingerprint density at radius 3 is 2.14 bits per heavy atom. The Kier molecular flexibility index (Phi) is 13.2. The molecule has 1 atom stereocenters. The van der Waals surface area contributed by atoms with Crippen LogP contribution < -0.4 is 30.3 Å². The summed E-state index contributed by atoms with van der Waals surface area (Å²) in [6.07, 6.45) is 2.29. The maximum Gasteiger partial charge on any atom is 0.412 e. The second-order valence-corrected chi connectivity index (χ2v) is 16.9. The summed E-state index contributed by atoms with van der Waals surface area (Å²) in [5, 5.41) is 20.7. The Hall–Kier alpha value is -5.13. The van der Waals surface area contributed by atoms with E-state index in [2.05, 4.69) is 42.6 Å². The Bertz CT molecular complexity index is 2060. The smallest absolute Gasteiger partial charge is 0.412 e. The van der Waals surface area contributed by atoms with Crippen molar-refractivity contribution >= 4 is 69.7 Å². The fourth-order valence-corrected chi connectivity index (χ4v) is 7.85. The summed E-state index contributed by atoms with van der Waals surface area (Å²) >= 11 is 13.3. The number of hydrogen-bond donors (Lipinski definition) is 3. The number of carbonyl (C=O) groups excluding carboxylic acids is 3. The lowest BCUT2D eigenvalue weighted by Crippen LogP contribution is -2.31. The number of methoxy groups -OCH3 is 2. The lowest BCUT2D eigenvalue weighted by molar-refractivity contribution is -0.383. The van der Waals surface area contributed by atoms with E-state index < -0.39 is 34.1 Å². The number of nitro groups is 1. The number of likely N-dealkylation sites (tertiary alicyclic amines) is 1. The highest BCUT2D eigenvalue weighted by molar-refractivity contribution is 6.42. The number of nitrogens with one attached hydrogen (secondary N) is 3. The van der Waals surface area contributed by atoms with Crippen molar-refractivity contribution in [3.8, 4) is 22.8 Å². The first-order chi connectivity index (χ1) is 27.2. The molecule has 1 aromatic heterocycles. The van der Waals surface area contributed by atoms with Crippen molar-refractivity contribution in [3.05, 3.63) is 50.2 Å². The molecule has 2 aliphatic heterocycles. The minimum Gasteiger partial charge on any atom is -0.494 e. The van der Waals surface area contributed by atoms with Crippen molar-refractivity contribution in [2.75, 3.05) is 74.3 Å². The van der Waals surface area contributed by atoms with Gasteiger partial charge in [0.25, 0.3) is 0 Å². The molecule has 3 N–H and O–H groups in total. The third-order valence-corrected chi connectivity index (χ3v) is 10.4. The zero-order valence-electron chi connectivity index (χ0n) is 34.1. The summed E-state index contributed by atoms with van der Waals surface area (Å²) in [4.78, 5) is 65.0. The van der Waals surface area contributed by atoms with Gasteiger partial charge in [-0.05, 0) is 79.6 Å². The third-order valence-electron chi connectivity index (χ3n) is 9.64. The first-order valence-corrected chi connectivity index (χ1v) is 19.5. The summed E-state index contributed by atoms with van der Waals surface area (Å²) in [6.45, 7) is 16.1. The predicted octanol–water partition coefficient (Wildman–Crippen LogP) is 7.65. The van der Waals surface area contributed by atoms with Gasteiger partial charge in [-0.2, -0.15) is 0 Å². The van der Waals surface area contributed by atoms with Crippen LogP contribution in [0.1, 0.15) is 71.7 Å². The molecular weight excluding hydrogens is 795 g/mol. The number of carbonyl (C=O) groups is 3. The molecule has 0 radical (unpaired) electrons. The van der Waals surface area contributed by atoms with Crippen molar-refractivity contribution in [2.45, 2.75) is 72.5 Å². The van der Waals surface area contributed by atoms with Crippen molar-refractivity contribution in [2.24, 2.45) is 5.41 Å². The molecule has 1 unspecified atom stereocenters. The number of nitrogens with zero attached hydrogens (tertiary/aromatic N) is 5. The predicted molar refractivity (Wildman–Crippen MR) is 222 cm³/mol. The van der Waals surface area contributed by atoms with Gasteiger partial charge in [-0.25, -0.2) is 19.6 Å². The largest absolute Gasteiger partial charge is 0.494 e. The van der Waals surface area contributed by atoms with Crippen LogP contribution in [0, 0.1) is 15.5 Å². The zero-order valence-corrected chi connectivity index (χ0v) is 35.6. The monoisotopic (exact) mass is 844 g/mol. The number of esters is 1. The molecule has 3 aromatic rings. The topological polar surface area (TPSA) is 200 Å². The van der Waals surface area contributed by atoms with Gasteiger partial charge >= 0.3 is 17.7 Å². The first-order valence-electron chi connectivity index (χ1n) is 18.7.